The zero-order chi connectivity index (χ0) is 14.5. The SMILES string of the molecule is COC(Nc1cc([N+](=O)[O-])ccc1O)c1ccccn1. The Hall–Kier alpha value is -2.67. The molecule has 0 aliphatic heterocycles. The van der Waals surface area contributed by atoms with Crippen molar-refractivity contribution in [1.29, 1.82) is 0 Å². The van der Waals surface area contributed by atoms with Crippen LogP contribution in [0.1, 0.15) is 11.9 Å². The van der Waals surface area contributed by atoms with Crippen LogP contribution in [0.15, 0.2) is 42.6 Å². The number of nitrogens with zero attached hydrogens (tertiary/aromatic N) is 2. The third-order valence-electron chi connectivity index (χ3n) is 2.67. The van der Waals surface area contributed by atoms with Crippen LogP contribution in [-0.2, 0) is 4.74 Å². The first-order valence-electron chi connectivity index (χ1n) is 5.79. The molecule has 1 atom stereocenters. The van der Waals surface area contributed by atoms with Gasteiger partial charge in [0.2, 0.25) is 0 Å². The van der Waals surface area contributed by atoms with Crippen molar-refractivity contribution in [2.75, 3.05) is 12.4 Å². The molecule has 0 saturated heterocycles. The Morgan fingerprint density at radius 2 is 2.20 bits per heavy atom. The van der Waals surface area contributed by atoms with Gasteiger partial charge in [-0.1, -0.05) is 6.07 Å². The minimum atomic E-state index is -0.621. The van der Waals surface area contributed by atoms with Crippen molar-refractivity contribution in [2.45, 2.75) is 6.23 Å². The van der Waals surface area contributed by atoms with Crippen molar-refractivity contribution in [3.8, 4) is 5.75 Å². The quantitative estimate of drug-likeness (QED) is 0.376. The monoisotopic (exact) mass is 275 g/mol. The van der Waals surface area contributed by atoms with Gasteiger partial charge < -0.3 is 15.2 Å². The van der Waals surface area contributed by atoms with Crippen molar-refractivity contribution in [2.24, 2.45) is 0 Å². The molecule has 7 heteroatoms. The molecule has 0 radical (unpaired) electrons. The molecule has 2 aromatic rings. The summed E-state index contributed by atoms with van der Waals surface area (Å²) in [6.45, 7) is 0. The lowest BCUT2D eigenvalue weighted by atomic mass is 10.2. The predicted octanol–water partition coefficient (Wildman–Crippen LogP) is 2.45. The molecule has 2 rings (SSSR count). The molecule has 0 aliphatic carbocycles. The Morgan fingerprint density at radius 3 is 2.80 bits per heavy atom. The Kier molecular flexibility index (Phi) is 4.11. The van der Waals surface area contributed by atoms with Gasteiger partial charge in [-0.25, -0.2) is 0 Å². The number of anilines is 1. The zero-order valence-corrected chi connectivity index (χ0v) is 10.7. The van der Waals surface area contributed by atoms with E-state index < -0.39 is 11.2 Å². The summed E-state index contributed by atoms with van der Waals surface area (Å²) < 4.78 is 5.24. The van der Waals surface area contributed by atoms with Crippen LogP contribution in [0.25, 0.3) is 0 Å². The van der Waals surface area contributed by atoms with E-state index in [9.17, 15) is 15.2 Å². The first-order valence-corrected chi connectivity index (χ1v) is 5.79. The molecule has 0 saturated carbocycles. The van der Waals surface area contributed by atoms with Crippen molar-refractivity contribution < 1.29 is 14.8 Å². The number of ether oxygens (including phenoxy) is 1. The predicted molar refractivity (Wildman–Crippen MR) is 72.4 cm³/mol. The van der Waals surface area contributed by atoms with Crippen molar-refractivity contribution in [3.63, 3.8) is 0 Å². The number of pyridine rings is 1. The first-order chi connectivity index (χ1) is 9.61. The molecule has 1 unspecified atom stereocenters. The number of aromatic nitrogens is 1. The van der Waals surface area contributed by atoms with Crippen LogP contribution in [0.3, 0.4) is 0 Å². The summed E-state index contributed by atoms with van der Waals surface area (Å²) in [4.78, 5) is 14.3. The second-order valence-corrected chi connectivity index (χ2v) is 3.97. The topological polar surface area (TPSA) is 97.5 Å². The maximum atomic E-state index is 10.7. The lowest BCUT2D eigenvalue weighted by Crippen LogP contribution is -2.14. The fourth-order valence-electron chi connectivity index (χ4n) is 1.68. The average molecular weight is 275 g/mol. The van der Waals surface area contributed by atoms with E-state index in [0.29, 0.717) is 5.69 Å². The number of methoxy groups -OCH3 is 1. The molecule has 0 aliphatic rings. The summed E-state index contributed by atoms with van der Waals surface area (Å²) in [6, 6.07) is 9.03. The van der Waals surface area contributed by atoms with Gasteiger partial charge in [-0.15, -0.1) is 0 Å². The molecule has 1 aromatic carbocycles. The van der Waals surface area contributed by atoms with Gasteiger partial charge in [0.05, 0.1) is 16.3 Å². The summed E-state index contributed by atoms with van der Waals surface area (Å²) in [7, 11) is 1.47. The van der Waals surface area contributed by atoms with E-state index >= 15 is 0 Å². The van der Waals surface area contributed by atoms with Gasteiger partial charge in [0.15, 0.2) is 6.23 Å². The van der Waals surface area contributed by atoms with Crippen molar-refractivity contribution in [1.82, 2.24) is 4.98 Å². The van der Waals surface area contributed by atoms with Gasteiger partial charge in [0.25, 0.3) is 5.69 Å². The lowest BCUT2D eigenvalue weighted by molar-refractivity contribution is -0.384. The van der Waals surface area contributed by atoms with Crippen molar-refractivity contribution in [3.05, 3.63) is 58.4 Å². The zero-order valence-electron chi connectivity index (χ0n) is 10.7. The number of nitro groups is 1. The minimum absolute atomic E-state index is 0.103. The molecule has 104 valence electrons. The second kappa shape index (κ2) is 5.98. The highest BCUT2D eigenvalue weighted by molar-refractivity contribution is 5.61. The Bertz CT molecular complexity index is 604. The first kappa shape index (κ1) is 13.8. The maximum absolute atomic E-state index is 10.7. The molecule has 0 fully saturated rings. The van der Waals surface area contributed by atoms with Gasteiger partial charge in [0.1, 0.15) is 5.75 Å². The Balaban J connectivity index is 2.28. The van der Waals surface area contributed by atoms with Crippen LogP contribution in [0, 0.1) is 10.1 Å². The smallest absolute Gasteiger partial charge is 0.271 e. The normalized spacial score (nSPS) is 11.8. The van der Waals surface area contributed by atoms with E-state index in [0.717, 1.165) is 0 Å². The molecular formula is C13H13N3O4. The number of nitro benzene ring substituents is 1. The average Bonchev–Trinajstić information content (AvgIpc) is 2.47. The molecule has 0 amide bonds. The number of nitrogens with one attached hydrogen (secondary N) is 1. The molecular weight excluding hydrogens is 262 g/mol. The van der Waals surface area contributed by atoms with Crippen LogP contribution >= 0.6 is 0 Å². The minimum Gasteiger partial charge on any atom is -0.506 e. The van der Waals surface area contributed by atoms with E-state index in [2.05, 4.69) is 10.3 Å². The summed E-state index contributed by atoms with van der Waals surface area (Å²) >= 11 is 0. The van der Waals surface area contributed by atoms with Crippen molar-refractivity contribution >= 4 is 11.4 Å². The fourth-order valence-corrected chi connectivity index (χ4v) is 1.68. The van der Waals surface area contributed by atoms with Crippen LogP contribution in [0.2, 0.25) is 0 Å². The number of hydrogen-bond acceptors (Lipinski definition) is 6. The van der Waals surface area contributed by atoms with Gasteiger partial charge >= 0.3 is 0 Å². The lowest BCUT2D eigenvalue weighted by Gasteiger charge is -2.18. The summed E-state index contributed by atoms with van der Waals surface area (Å²) in [5.41, 5.74) is 0.679. The van der Waals surface area contributed by atoms with Crippen LogP contribution in [0.5, 0.6) is 5.75 Å². The van der Waals surface area contributed by atoms with Gasteiger partial charge in [-0.05, 0) is 18.2 Å². The molecule has 1 aromatic heterocycles. The van der Waals surface area contributed by atoms with E-state index in [-0.39, 0.29) is 17.1 Å². The summed E-state index contributed by atoms with van der Waals surface area (Å²) in [6.07, 6.45) is 0.986. The van der Waals surface area contributed by atoms with Gasteiger partial charge in [0, 0.05) is 25.4 Å². The second-order valence-electron chi connectivity index (χ2n) is 3.97. The van der Waals surface area contributed by atoms with E-state index in [1.165, 1.54) is 25.3 Å². The molecule has 0 spiro atoms. The maximum Gasteiger partial charge on any atom is 0.271 e. The number of benzene rings is 1. The van der Waals surface area contributed by atoms with Crippen LogP contribution in [-0.4, -0.2) is 22.1 Å². The fraction of sp³-hybridized carbons (Fsp3) is 0.154. The molecule has 1 heterocycles. The summed E-state index contributed by atoms with van der Waals surface area (Å²) in [5, 5.41) is 23.4. The largest absolute Gasteiger partial charge is 0.506 e. The van der Waals surface area contributed by atoms with Crippen LogP contribution in [0.4, 0.5) is 11.4 Å². The molecule has 0 bridgehead atoms. The number of phenolic OH excluding ortho intramolecular Hbond substituents is 1. The number of aromatic hydroxyl groups is 1. The Labute approximate surface area is 115 Å². The highest BCUT2D eigenvalue weighted by Crippen LogP contribution is 2.30. The number of rotatable bonds is 5. The third kappa shape index (κ3) is 3.01. The van der Waals surface area contributed by atoms with Gasteiger partial charge in [-0.3, -0.25) is 15.1 Å². The van der Waals surface area contributed by atoms with Crippen LogP contribution < -0.4 is 5.32 Å². The molecule has 20 heavy (non-hydrogen) atoms. The highest BCUT2D eigenvalue weighted by atomic mass is 16.6. The standard InChI is InChI=1S/C13H13N3O4/c1-20-13(10-4-2-3-7-14-10)15-11-8-9(16(18)19)5-6-12(11)17/h2-8,13,15,17H,1H3. The number of hydrogen-bond donors (Lipinski definition) is 2. The van der Waals surface area contributed by atoms with E-state index in [1.54, 1.807) is 24.4 Å². The van der Waals surface area contributed by atoms with E-state index in [1.807, 2.05) is 0 Å². The molecule has 2 N–H and O–H groups in total. The van der Waals surface area contributed by atoms with E-state index in [4.69, 9.17) is 4.74 Å². The number of non-ortho nitro benzene ring substituents is 1. The Morgan fingerprint density at radius 1 is 1.40 bits per heavy atom. The highest BCUT2D eigenvalue weighted by Gasteiger charge is 2.16. The third-order valence-corrected chi connectivity index (χ3v) is 2.67. The van der Waals surface area contributed by atoms with Gasteiger partial charge in [-0.2, -0.15) is 0 Å². The molecule has 7 nitrogen and oxygen atoms in total. The summed E-state index contributed by atoms with van der Waals surface area (Å²) in [5.74, 6) is -0.103. The number of phenols is 1.